The van der Waals surface area contributed by atoms with Crippen LogP contribution in [-0.2, 0) is 19.2 Å². The predicted octanol–water partition coefficient (Wildman–Crippen LogP) is 1.64. The van der Waals surface area contributed by atoms with Gasteiger partial charge in [-0.3, -0.25) is 60.3 Å². The number of hydrogen-bond donors (Lipinski definition) is 4. The highest BCUT2D eigenvalue weighted by atomic mass is 32.2. The quantitative estimate of drug-likeness (QED) is 0.160. The average molecular weight is 703 g/mol. The minimum absolute atomic E-state index is 0.0586. The van der Waals surface area contributed by atoms with Crippen LogP contribution in [0.3, 0.4) is 0 Å². The molecule has 18 heteroatoms. The van der Waals surface area contributed by atoms with Crippen LogP contribution in [-0.4, -0.2) is 81.2 Å². The zero-order valence-electron chi connectivity index (χ0n) is 24.2. The maximum absolute atomic E-state index is 13.2. The van der Waals surface area contributed by atoms with Gasteiger partial charge in [-0.05, 0) is 24.3 Å². The number of nitrogens with zero attached hydrogens (tertiary/aromatic N) is 2. The van der Waals surface area contributed by atoms with Gasteiger partial charge in [0.2, 0.25) is 11.8 Å². The van der Waals surface area contributed by atoms with E-state index >= 15 is 0 Å². The largest absolute Gasteiger partial charge is 0.496 e. The van der Waals surface area contributed by atoms with E-state index in [0.29, 0.717) is 11.5 Å². The van der Waals surface area contributed by atoms with Crippen molar-refractivity contribution < 1.29 is 38.2 Å². The second kappa shape index (κ2) is 15.7. The van der Waals surface area contributed by atoms with E-state index in [-0.39, 0.29) is 55.5 Å². The van der Waals surface area contributed by atoms with Crippen LogP contribution in [0.5, 0.6) is 11.5 Å². The second-order valence-corrected chi connectivity index (χ2v) is 12.5. The van der Waals surface area contributed by atoms with Crippen LogP contribution in [0.2, 0.25) is 0 Å². The maximum atomic E-state index is 13.2. The maximum Gasteiger partial charge on any atom is 0.273 e. The minimum Gasteiger partial charge on any atom is -0.496 e. The Morgan fingerprint density at radius 1 is 0.652 bits per heavy atom. The first-order valence-corrected chi connectivity index (χ1v) is 15.8. The van der Waals surface area contributed by atoms with Crippen molar-refractivity contribution in [1.82, 2.24) is 31.5 Å². The van der Waals surface area contributed by atoms with Crippen LogP contribution in [0.15, 0.2) is 58.3 Å². The molecule has 0 spiro atoms. The smallest absolute Gasteiger partial charge is 0.273 e. The van der Waals surface area contributed by atoms with Crippen molar-refractivity contribution in [3.8, 4) is 11.5 Å². The lowest BCUT2D eigenvalue weighted by Gasteiger charge is -2.15. The molecule has 6 amide bonds. The number of hydrogen-bond acceptors (Lipinski definition) is 12. The van der Waals surface area contributed by atoms with E-state index in [1.165, 1.54) is 36.2 Å². The number of para-hydroxylation sites is 2. The van der Waals surface area contributed by atoms with E-state index < -0.39 is 35.4 Å². The van der Waals surface area contributed by atoms with Crippen LogP contribution in [0.25, 0.3) is 0 Å². The molecule has 0 atom stereocenters. The molecule has 4 rings (SSSR count). The van der Waals surface area contributed by atoms with E-state index in [9.17, 15) is 28.8 Å². The van der Waals surface area contributed by atoms with Crippen molar-refractivity contribution in [3.05, 3.63) is 69.5 Å². The highest BCUT2D eigenvalue weighted by Crippen LogP contribution is 2.42. The van der Waals surface area contributed by atoms with Crippen LogP contribution >= 0.6 is 48.0 Å². The molecular formula is C28H26N6O8S4. The fraction of sp³-hybridized carbons (Fsp3) is 0.214. The molecule has 0 radical (unpaired) electrons. The van der Waals surface area contributed by atoms with Gasteiger partial charge >= 0.3 is 0 Å². The molecule has 2 saturated heterocycles. The van der Waals surface area contributed by atoms with Gasteiger partial charge in [0.15, 0.2) is 0 Å². The van der Waals surface area contributed by atoms with Crippen molar-refractivity contribution >= 4 is 92.0 Å². The van der Waals surface area contributed by atoms with Gasteiger partial charge < -0.3 is 9.47 Å². The van der Waals surface area contributed by atoms with Gasteiger partial charge in [-0.1, -0.05) is 72.2 Å². The molecule has 240 valence electrons. The van der Waals surface area contributed by atoms with Gasteiger partial charge in [-0.2, -0.15) is 0 Å². The lowest BCUT2D eigenvalue weighted by molar-refractivity contribution is -0.126. The standard InChI is InChI=1S/C28H26N6O8S4/c1-41-17-9-5-3-7-15(17)23(37)31-29-19(35)11-13-33-25(39)21(45-27(33)43)22-26(40)34(28(44)46-22)14-12-20(36)30-32-24(38)16-8-4-6-10-18(16)42-2/h3-10H,11-14H2,1-2H3,(H,29,35)(H,30,36)(H,31,37)(H,32,38)/b22-21+. The van der Waals surface area contributed by atoms with Crippen molar-refractivity contribution in [2.24, 2.45) is 0 Å². The molecule has 0 saturated carbocycles. The Labute approximate surface area is 281 Å². The topological polar surface area (TPSA) is 175 Å². The molecule has 2 aliphatic heterocycles. The summed E-state index contributed by atoms with van der Waals surface area (Å²) in [5.74, 6) is -2.83. The van der Waals surface area contributed by atoms with Gasteiger partial charge in [0.05, 0.1) is 35.2 Å². The third kappa shape index (κ3) is 8.00. The fourth-order valence-electron chi connectivity index (χ4n) is 4.06. The fourth-order valence-corrected chi connectivity index (χ4v) is 6.83. The number of carbonyl (C=O) groups excluding carboxylic acids is 6. The van der Waals surface area contributed by atoms with E-state index in [4.69, 9.17) is 33.9 Å². The zero-order chi connectivity index (χ0) is 33.4. The van der Waals surface area contributed by atoms with Gasteiger partial charge in [0, 0.05) is 25.9 Å². The number of ether oxygens (including phenoxy) is 2. The van der Waals surface area contributed by atoms with Gasteiger partial charge in [0.1, 0.15) is 20.1 Å². The van der Waals surface area contributed by atoms with Crippen molar-refractivity contribution in [3.63, 3.8) is 0 Å². The van der Waals surface area contributed by atoms with Gasteiger partial charge in [0.25, 0.3) is 23.6 Å². The highest BCUT2D eigenvalue weighted by Gasteiger charge is 2.42. The Balaban J connectivity index is 1.27. The summed E-state index contributed by atoms with van der Waals surface area (Å²) in [5.41, 5.74) is 9.60. The summed E-state index contributed by atoms with van der Waals surface area (Å²) >= 11 is 12.4. The second-order valence-electron chi connectivity index (χ2n) is 9.21. The Hall–Kier alpha value is -4.52. The molecule has 2 aromatic rings. The molecule has 4 N–H and O–H groups in total. The third-order valence-electron chi connectivity index (χ3n) is 6.36. The predicted molar refractivity (Wildman–Crippen MR) is 177 cm³/mol. The summed E-state index contributed by atoms with van der Waals surface area (Å²) in [4.78, 5) is 78.4. The Morgan fingerprint density at radius 2 is 1.02 bits per heavy atom. The number of thiocarbonyl (C=S) groups is 2. The molecule has 0 unspecified atom stereocenters. The lowest BCUT2D eigenvalue weighted by atomic mass is 10.2. The van der Waals surface area contributed by atoms with E-state index in [0.717, 1.165) is 23.5 Å². The molecule has 2 fully saturated rings. The minimum atomic E-state index is -0.589. The third-order valence-corrected chi connectivity index (χ3v) is 9.39. The molecule has 0 aromatic heterocycles. The van der Waals surface area contributed by atoms with E-state index in [1.54, 1.807) is 36.4 Å². The van der Waals surface area contributed by atoms with Crippen molar-refractivity contribution in [2.75, 3.05) is 27.3 Å². The summed E-state index contributed by atoms with van der Waals surface area (Å²) in [7, 11) is 2.83. The number of carbonyl (C=O) groups is 6. The van der Waals surface area contributed by atoms with Crippen LogP contribution in [0, 0.1) is 0 Å². The van der Waals surface area contributed by atoms with Gasteiger partial charge in [-0.25, -0.2) is 0 Å². The first kappa shape index (κ1) is 34.4. The summed E-state index contributed by atoms with van der Waals surface area (Å²) in [6.45, 7) is -0.211. The Kier molecular flexibility index (Phi) is 11.7. The lowest BCUT2D eigenvalue weighted by Crippen LogP contribution is -2.43. The monoisotopic (exact) mass is 702 g/mol. The first-order valence-electron chi connectivity index (χ1n) is 13.3. The number of amides is 6. The molecule has 0 aliphatic carbocycles. The summed E-state index contributed by atoms with van der Waals surface area (Å²) in [5, 5.41) is 0. The molecular weight excluding hydrogens is 677 g/mol. The van der Waals surface area contributed by atoms with Crippen LogP contribution in [0.4, 0.5) is 0 Å². The number of benzene rings is 2. The summed E-state index contributed by atoms with van der Waals surface area (Å²) < 4.78 is 10.6. The highest BCUT2D eigenvalue weighted by molar-refractivity contribution is 8.29. The van der Waals surface area contributed by atoms with E-state index in [2.05, 4.69) is 21.7 Å². The molecule has 2 aliphatic rings. The average Bonchev–Trinajstić information content (AvgIpc) is 3.51. The van der Waals surface area contributed by atoms with E-state index in [1.807, 2.05) is 0 Å². The zero-order valence-corrected chi connectivity index (χ0v) is 27.5. The van der Waals surface area contributed by atoms with Gasteiger partial charge in [-0.15, -0.1) is 0 Å². The number of methoxy groups -OCH3 is 2. The molecule has 14 nitrogen and oxygen atoms in total. The summed E-state index contributed by atoms with van der Waals surface area (Å²) in [6, 6.07) is 12.9. The number of hydrazine groups is 2. The molecule has 2 aromatic carbocycles. The number of rotatable bonds is 10. The summed E-state index contributed by atoms with van der Waals surface area (Å²) in [6.07, 6.45) is -0.398. The van der Waals surface area contributed by atoms with Crippen molar-refractivity contribution in [1.29, 1.82) is 0 Å². The Bertz CT molecular complexity index is 1550. The number of nitrogens with one attached hydrogen (secondary N) is 4. The SMILES string of the molecule is COc1ccccc1C(=O)NNC(=O)CCN1C(=O)/C(=C2\SC(=S)N(CCC(=O)NNC(=O)c3ccccc3OC)C2=O)SC1=S. The first-order chi connectivity index (χ1) is 22.0. The normalized spacial score (nSPS) is 16.0. The number of thioether (sulfide) groups is 2. The van der Waals surface area contributed by atoms with Crippen LogP contribution in [0.1, 0.15) is 33.6 Å². The molecule has 2 heterocycles. The molecule has 46 heavy (non-hydrogen) atoms. The Morgan fingerprint density at radius 3 is 1.39 bits per heavy atom. The van der Waals surface area contributed by atoms with Crippen LogP contribution < -0.4 is 31.2 Å². The van der Waals surface area contributed by atoms with Crippen molar-refractivity contribution in [2.45, 2.75) is 12.8 Å². The molecule has 0 bridgehead atoms.